The summed E-state index contributed by atoms with van der Waals surface area (Å²) < 4.78 is 0.213. The van der Waals surface area contributed by atoms with Gasteiger partial charge in [0.05, 0.1) is 0 Å². The van der Waals surface area contributed by atoms with Crippen molar-refractivity contribution in [2.45, 2.75) is 118 Å². The monoisotopic (exact) mass is 861 g/mol. The Morgan fingerprint density at radius 2 is 1.18 bits per heavy atom. The molecule has 10 rings (SSSR count). The predicted octanol–water partition coefficient (Wildman–Crippen LogP) is 15.6. The molecule has 6 aliphatic rings. The van der Waals surface area contributed by atoms with Gasteiger partial charge in [0, 0.05) is 0 Å². The third-order valence-electron chi connectivity index (χ3n) is 15.8. The number of allylic oxidation sites excluding steroid dienone is 2. The van der Waals surface area contributed by atoms with Crippen molar-refractivity contribution in [1.82, 2.24) is 0 Å². The van der Waals surface area contributed by atoms with Gasteiger partial charge in [0.25, 0.3) is 0 Å². The van der Waals surface area contributed by atoms with Gasteiger partial charge in [-0.3, -0.25) is 0 Å². The summed E-state index contributed by atoms with van der Waals surface area (Å²) in [5.74, 6) is 2.12. The van der Waals surface area contributed by atoms with Crippen molar-refractivity contribution in [3.63, 3.8) is 0 Å². The van der Waals surface area contributed by atoms with E-state index in [9.17, 15) is 0 Å². The number of rotatable bonds is 10. The Labute approximate surface area is 341 Å². The first kappa shape index (κ1) is 38.6. The second kappa shape index (κ2) is 14.1. The summed E-state index contributed by atoms with van der Waals surface area (Å²) in [6.07, 6.45) is 15.8. The van der Waals surface area contributed by atoms with E-state index >= 15 is 0 Å². The van der Waals surface area contributed by atoms with E-state index in [-0.39, 0.29) is 7.25 Å². The molecule has 0 aromatic heterocycles. The van der Waals surface area contributed by atoms with Crippen molar-refractivity contribution in [3.05, 3.63) is 129 Å². The summed E-state index contributed by atoms with van der Waals surface area (Å²) >= 11 is -4.89. The first-order valence-corrected chi connectivity index (χ1v) is 38.1. The quantitative estimate of drug-likeness (QED) is 0.139. The van der Waals surface area contributed by atoms with Crippen LogP contribution < -0.4 is 0 Å². The summed E-state index contributed by atoms with van der Waals surface area (Å²) in [4.78, 5) is 0. The molecule has 0 N–H and O–H groups in total. The number of benzene rings is 4. The van der Waals surface area contributed by atoms with Crippen LogP contribution in [0.4, 0.5) is 0 Å². The number of halogens is 2. The van der Waals surface area contributed by atoms with Gasteiger partial charge >= 0.3 is 344 Å². The van der Waals surface area contributed by atoms with Crippen LogP contribution in [-0.2, 0) is 21.0 Å². The molecular formula is C51H61Cl2SiZr. The molecule has 4 fully saturated rings. The second-order valence-electron chi connectivity index (χ2n) is 19.4. The van der Waals surface area contributed by atoms with Crippen molar-refractivity contribution < 1.29 is 15.6 Å². The zero-order valence-corrected chi connectivity index (χ0v) is 39.4. The van der Waals surface area contributed by atoms with E-state index in [1.165, 1.54) is 99.7 Å². The van der Waals surface area contributed by atoms with Crippen molar-refractivity contribution in [2.24, 2.45) is 23.7 Å². The molecule has 0 aliphatic heterocycles. The van der Waals surface area contributed by atoms with Gasteiger partial charge in [0.1, 0.15) is 0 Å². The Hall–Kier alpha value is -1.96. The number of hydrogen-bond donors (Lipinski definition) is 0. The van der Waals surface area contributed by atoms with E-state index in [1.54, 1.807) is 5.56 Å². The molecule has 4 aromatic rings. The molecule has 4 bridgehead atoms. The summed E-state index contributed by atoms with van der Waals surface area (Å²) in [7, 11) is 17.7. The van der Waals surface area contributed by atoms with E-state index in [4.69, 9.17) is 17.0 Å². The average Bonchev–Trinajstić information content (AvgIpc) is 3.78. The van der Waals surface area contributed by atoms with E-state index in [2.05, 4.69) is 145 Å². The molecule has 3 unspecified atom stereocenters. The van der Waals surface area contributed by atoms with Gasteiger partial charge in [0.15, 0.2) is 0 Å². The van der Waals surface area contributed by atoms with Gasteiger partial charge < -0.3 is 0 Å². The molecule has 4 aromatic carbocycles. The van der Waals surface area contributed by atoms with E-state index in [1.807, 2.05) is 0 Å². The SMILES string of the molecule is CCC1=Cc2c(-c3ccc(C45CC6CC(CC(C6)C4)C5)cc3)cccc2[CH]1[Zr]([Cl])([Cl])([CH]1C(C(C)CC)=Cc2c(-c3ccc(C(C)C)cc3)cccc21)[SiH](C)C. The molecule has 0 heterocycles. The third-order valence-corrected chi connectivity index (χ3v) is 67.5. The van der Waals surface area contributed by atoms with Gasteiger partial charge in [-0.05, 0) is 0 Å². The first-order chi connectivity index (χ1) is 26.3. The molecule has 3 atom stereocenters. The number of fused-ring (bicyclic) bond motifs is 2. The average molecular weight is 864 g/mol. The van der Waals surface area contributed by atoms with Crippen molar-refractivity contribution in [2.75, 3.05) is 0 Å². The normalized spacial score (nSPS) is 27.8. The van der Waals surface area contributed by atoms with Gasteiger partial charge in [-0.25, -0.2) is 0 Å². The Kier molecular flexibility index (Phi) is 9.89. The Bertz CT molecular complexity index is 2150. The third kappa shape index (κ3) is 6.03. The summed E-state index contributed by atoms with van der Waals surface area (Å²) in [6.45, 7) is 16.6. The van der Waals surface area contributed by atoms with Gasteiger partial charge in [0.2, 0.25) is 0 Å². The minimum absolute atomic E-state index is 0.102. The zero-order chi connectivity index (χ0) is 38.5. The van der Waals surface area contributed by atoms with E-state index in [0.717, 1.165) is 30.6 Å². The van der Waals surface area contributed by atoms with Gasteiger partial charge in [-0.2, -0.15) is 0 Å². The maximum absolute atomic E-state index is 8.85. The molecule has 0 amide bonds. The Morgan fingerprint density at radius 1 is 0.673 bits per heavy atom. The maximum atomic E-state index is 8.85. The topological polar surface area (TPSA) is 0 Å². The second-order valence-corrected chi connectivity index (χ2v) is 61.9. The fourth-order valence-electron chi connectivity index (χ4n) is 13.0. The van der Waals surface area contributed by atoms with Gasteiger partial charge in [-0.15, -0.1) is 0 Å². The van der Waals surface area contributed by atoms with E-state index in [0.29, 0.717) is 17.3 Å². The standard InChI is InChI=1S/C27H29.C22H25.C2H7Si.2ClH.Zr/c1-2-18-13-23-4-3-5-25(26(23)14-18)22-6-8-24(9-7-22)27-15-19-10-20(16-27)12-21(11-19)17-27;1-5-16(4)20-13-19-7-6-8-21(22(19)14-20)18-11-9-17(10-12-18)15(2)3;1-3-2;;;/h3-9,13-14,19-21H,2,10-12,15-17H2,1H3;6-16H,5H2,1-4H3;3H,1-2H3;2*1H;/q;;;;;+2/p-2. The van der Waals surface area contributed by atoms with Crippen molar-refractivity contribution in [1.29, 1.82) is 0 Å². The van der Waals surface area contributed by atoms with Crippen LogP contribution in [0.25, 0.3) is 34.4 Å². The molecule has 6 aliphatic carbocycles. The van der Waals surface area contributed by atoms with Crippen LogP contribution >= 0.6 is 17.0 Å². The molecule has 4 saturated carbocycles. The van der Waals surface area contributed by atoms with Crippen LogP contribution in [0, 0.1) is 23.7 Å². The summed E-state index contributed by atoms with van der Waals surface area (Å²) in [6, 6.07) is 33.2. The Balaban J connectivity index is 1.14. The zero-order valence-electron chi connectivity index (χ0n) is 34.3. The molecule has 287 valence electrons. The van der Waals surface area contributed by atoms with Crippen LogP contribution in [0.3, 0.4) is 0 Å². The molecule has 0 saturated heterocycles. The van der Waals surface area contributed by atoms with Crippen LogP contribution in [0.2, 0.25) is 13.1 Å². The number of hydrogen-bond acceptors (Lipinski definition) is 0. The van der Waals surface area contributed by atoms with Crippen molar-refractivity contribution >= 4 is 35.1 Å². The van der Waals surface area contributed by atoms with Crippen molar-refractivity contribution in [3.8, 4) is 22.3 Å². The van der Waals surface area contributed by atoms with Crippen LogP contribution in [-0.4, -0.2) is 5.92 Å². The molecule has 55 heavy (non-hydrogen) atoms. The summed E-state index contributed by atoms with van der Waals surface area (Å²) in [5, 5.41) is 0. The van der Waals surface area contributed by atoms with Crippen LogP contribution in [0.5, 0.6) is 0 Å². The fraction of sp³-hybridized carbons (Fsp3) is 0.451. The predicted molar refractivity (Wildman–Crippen MR) is 239 cm³/mol. The molecule has 0 nitrogen and oxygen atoms in total. The molecule has 0 spiro atoms. The minimum atomic E-state index is -4.89. The van der Waals surface area contributed by atoms with Gasteiger partial charge in [-0.1, -0.05) is 0 Å². The molecular weight excluding hydrogens is 803 g/mol. The fourth-order valence-corrected chi connectivity index (χ4v) is 44.5. The summed E-state index contributed by atoms with van der Waals surface area (Å²) in [5.41, 5.74) is 17.1. The van der Waals surface area contributed by atoms with Crippen LogP contribution in [0.15, 0.2) is 96.1 Å². The Morgan fingerprint density at radius 3 is 1.67 bits per heavy atom. The molecule has 4 heteroatoms. The van der Waals surface area contributed by atoms with Crippen LogP contribution in [0.1, 0.15) is 133 Å². The van der Waals surface area contributed by atoms with E-state index < -0.39 is 21.5 Å². The first-order valence-electron chi connectivity index (χ1n) is 21.8. The molecule has 0 radical (unpaired) electrons.